The molecule has 0 atom stereocenters. The van der Waals surface area contributed by atoms with Crippen molar-refractivity contribution >= 4 is 11.6 Å². The molecule has 0 saturated heterocycles. The van der Waals surface area contributed by atoms with Crippen molar-refractivity contribution in [2.24, 2.45) is 5.41 Å². The Kier molecular flexibility index (Phi) is 8.42. The second kappa shape index (κ2) is 9.80. The summed E-state index contributed by atoms with van der Waals surface area (Å²) in [5.41, 5.74) is 1.71. The summed E-state index contributed by atoms with van der Waals surface area (Å²) in [6, 6.07) is 8.32. The lowest BCUT2D eigenvalue weighted by molar-refractivity contribution is -0.130. The Morgan fingerprint density at radius 2 is 1.40 bits per heavy atom. The van der Waals surface area contributed by atoms with Gasteiger partial charge in [-0.15, -0.1) is 0 Å². The molecule has 3 N–H and O–H groups in total. The maximum Gasteiger partial charge on any atom is 0.140 e. The van der Waals surface area contributed by atoms with Gasteiger partial charge in [-0.2, -0.15) is 0 Å². The monoisotopic (exact) mass is 350 g/mol. The predicted octanol–water partition coefficient (Wildman–Crippen LogP) is 2.19. The first-order chi connectivity index (χ1) is 11.7. The first-order valence-electron chi connectivity index (χ1n) is 8.70. The number of aliphatic hydroxyl groups is 3. The molecule has 5 nitrogen and oxygen atoms in total. The molecule has 1 fully saturated rings. The van der Waals surface area contributed by atoms with E-state index in [1.807, 2.05) is 0 Å². The van der Waals surface area contributed by atoms with Gasteiger partial charge in [0.05, 0.1) is 26.2 Å². The molecule has 0 heterocycles. The largest absolute Gasteiger partial charge is 0.396 e. The van der Waals surface area contributed by atoms with Crippen molar-refractivity contribution in [3.8, 4) is 0 Å². The lowest BCUT2D eigenvalue weighted by atomic mass is 9.82. The van der Waals surface area contributed by atoms with Gasteiger partial charge in [-0.3, -0.25) is 9.59 Å². The zero-order valence-corrected chi connectivity index (χ0v) is 15.4. The van der Waals surface area contributed by atoms with Crippen molar-refractivity contribution in [3.05, 3.63) is 35.4 Å². The summed E-state index contributed by atoms with van der Waals surface area (Å²) in [4.78, 5) is 22.8. The minimum absolute atomic E-state index is 0.0826. The minimum atomic E-state index is -0.708. The van der Waals surface area contributed by atoms with E-state index >= 15 is 0 Å². The van der Waals surface area contributed by atoms with E-state index in [9.17, 15) is 9.59 Å². The van der Waals surface area contributed by atoms with E-state index < -0.39 is 5.41 Å². The molecular weight excluding hydrogens is 320 g/mol. The molecule has 1 aliphatic carbocycles. The summed E-state index contributed by atoms with van der Waals surface area (Å²) < 4.78 is 0. The third kappa shape index (κ3) is 6.69. The number of aliphatic hydroxyl groups excluding tert-OH is 3. The number of carbonyl (C=O) groups is 2. The van der Waals surface area contributed by atoms with Crippen LogP contribution in [0.25, 0.3) is 0 Å². The smallest absolute Gasteiger partial charge is 0.140 e. The van der Waals surface area contributed by atoms with Gasteiger partial charge in [0.25, 0.3) is 0 Å². The van der Waals surface area contributed by atoms with Crippen LogP contribution in [0.15, 0.2) is 24.3 Å². The van der Waals surface area contributed by atoms with Gasteiger partial charge >= 0.3 is 0 Å². The fraction of sp³-hybridized carbons (Fsp3) is 0.600. The van der Waals surface area contributed by atoms with Crippen molar-refractivity contribution in [2.75, 3.05) is 19.8 Å². The molecule has 1 aromatic rings. The Morgan fingerprint density at radius 1 is 0.960 bits per heavy atom. The summed E-state index contributed by atoms with van der Waals surface area (Å²) in [5, 5.41) is 25.4. The number of Topliss-reactive ketones (excluding diaryl/α,β-unsaturated/α-hetero) is 2. The third-order valence-corrected chi connectivity index (χ3v) is 4.56. The molecule has 0 unspecified atom stereocenters. The predicted molar refractivity (Wildman–Crippen MR) is 96.5 cm³/mol. The van der Waals surface area contributed by atoms with E-state index in [4.69, 9.17) is 15.3 Å². The zero-order valence-electron chi connectivity index (χ0n) is 15.4. The highest BCUT2D eigenvalue weighted by atomic mass is 16.3. The Morgan fingerprint density at radius 3 is 1.72 bits per heavy atom. The lowest BCUT2D eigenvalue weighted by Crippen LogP contribution is -2.29. The first kappa shape index (κ1) is 21.5. The fourth-order valence-electron chi connectivity index (χ4n) is 2.52. The number of hydrogen-bond donors (Lipinski definition) is 3. The van der Waals surface area contributed by atoms with Crippen molar-refractivity contribution in [2.45, 2.75) is 51.9 Å². The van der Waals surface area contributed by atoms with Gasteiger partial charge in [-0.25, -0.2) is 0 Å². The molecule has 0 amide bonds. The van der Waals surface area contributed by atoms with E-state index in [1.165, 1.54) is 5.56 Å². The average Bonchev–Trinajstić information content (AvgIpc) is 2.61. The average molecular weight is 350 g/mol. The lowest BCUT2D eigenvalue weighted by Gasteiger charge is -2.20. The SMILES string of the molecule is CC(C)c1ccc(C2CC(=O)CC(=O)C2)cc1.CC(CO)(CO)CO. The third-order valence-electron chi connectivity index (χ3n) is 4.56. The van der Waals surface area contributed by atoms with Crippen LogP contribution in [-0.4, -0.2) is 46.7 Å². The number of rotatable bonds is 5. The van der Waals surface area contributed by atoms with Crippen LogP contribution < -0.4 is 0 Å². The van der Waals surface area contributed by atoms with Crippen LogP contribution in [-0.2, 0) is 9.59 Å². The van der Waals surface area contributed by atoms with Gasteiger partial charge in [0, 0.05) is 18.3 Å². The van der Waals surface area contributed by atoms with Gasteiger partial charge in [-0.1, -0.05) is 45.0 Å². The maximum absolute atomic E-state index is 11.4. The molecule has 25 heavy (non-hydrogen) atoms. The van der Waals surface area contributed by atoms with Crippen molar-refractivity contribution in [3.63, 3.8) is 0 Å². The van der Waals surface area contributed by atoms with Crippen LogP contribution >= 0.6 is 0 Å². The van der Waals surface area contributed by atoms with Crippen molar-refractivity contribution in [1.82, 2.24) is 0 Å². The summed E-state index contributed by atoms with van der Waals surface area (Å²) in [6.45, 7) is 5.37. The van der Waals surface area contributed by atoms with Gasteiger partial charge in [0.15, 0.2) is 0 Å². The molecule has 2 rings (SSSR count). The van der Waals surface area contributed by atoms with Gasteiger partial charge in [0.1, 0.15) is 11.6 Å². The summed E-state index contributed by atoms with van der Waals surface area (Å²) in [5.74, 6) is 0.780. The summed E-state index contributed by atoms with van der Waals surface area (Å²) in [6.07, 6.45) is 1.18. The quantitative estimate of drug-likeness (QED) is 0.708. The molecule has 1 aromatic carbocycles. The van der Waals surface area contributed by atoms with Gasteiger partial charge < -0.3 is 15.3 Å². The second-order valence-electron chi connectivity index (χ2n) is 7.47. The molecule has 0 bridgehead atoms. The van der Waals surface area contributed by atoms with E-state index in [-0.39, 0.29) is 43.7 Å². The molecule has 5 heteroatoms. The molecule has 0 radical (unpaired) electrons. The number of ketones is 2. The van der Waals surface area contributed by atoms with Gasteiger partial charge in [-0.05, 0) is 23.0 Å². The highest BCUT2D eigenvalue weighted by Crippen LogP contribution is 2.30. The van der Waals surface area contributed by atoms with Crippen LogP contribution in [0.1, 0.15) is 63.0 Å². The molecule has 1 saturated carbocycles. The van der Waals surface area contributed by atoms with E-state index in [2.05, 4.69) is 38.1 Å². The van der Waals surface area contributed by atoms with Crippen molar-refractivity contribution < 1.29 is 24.9 Å². The summed E-state index contributed by atoms with van der Waals surface area (Å²) >= 11 is 0. The topological polar surface area (TPSA) is 94.8 Å². The standard InChI is InChI=1S/C15H18O2.C5H12O3/c1-10(2)11-3-5-12(6-4-11)13-7-14(16)9-15(17)8-13;1-5(2-6,3-7)4-8/h3-6,10,13H,7-9H2,1-2H3;6-8H,2-4H2,1H3. The van der Waals surface area contributed by atoms with Gasteiger partial charge in [0.2, 0.25) is 0 Å². The van der Waals surface area contributed by atoms with Crippen LogP contribution in [0.3, 0.4) is 0 Å². The zero-order chi connectivity index (χ0) is 19.0. The van der Waals surface area contributed by atoms with Crippen LogP contribution in [0.4, 0.5) is 0 Å². The molecule has 1 aliphatic rings. The van der Waals surface area contributed by atoms with E-state index in [0.717, 1.165) is 5.56 Å². The van der Waals surface area contributed by atoms with Crippen LogP contribution in [0, 0.1) is 5.41 Å². The number of hydrogen-bond acceptors (Lipinski definition) is 5. The molecule has 0 aromatic heterocycles. The number of carbonyl (C=O) groups excluding carboxylic acids is 2. The maximum atomic E-state index is 11.4. The Bertz CT molecular complexity index is 534. The Hall–Kier alpha value is -1.56. The van der Waals surface area contributed by atoms with E-state index in [1.54, 1.807) is 6.92 Å². The highest BCUT2D eigenvalue weighted by molar-refractivity contribution is 6.02. The normalized spacial score (nSPS) is 16.0. The molecule has 140 valence electrons. The Labute approximate surface area is 149 Å². The molecular formula is C20H30O5. The highest BCUT2D eigenvalue weighted by Gasteiger charge is 2.26. The molecule has 0 spiro atoms. The van der Waals surface area contributed by atoms with Crippen molar-refractivity contribution in [1.29, 1.82) is 0 Å². The summed E-state index contributed by atoms with van der Waals surface area (Å²) in [7, 11) is 0. The Balaban J connectivity index is 0.000000333. The van der Waals surface area contributed by atoms with Crippen LogP contribution in [0.5, 0.6) is 0 Å². The molecule has 0 aliphatic heterocycles. The fourth-order valence-corrected chi connectivity index (χ4v) is 2.52. The second-order valence-corrected chi connectivity index (χ2v) is 7.47. The first-order valence-corrected chi connectivity index (χ1v) is 8.70. The van der Waals surface area contributed by atoms with E-state index in [0.29, 0.717) is 18.8 Å². The minimum Gasteiger partial charge on any atom is -0.396 e. The number of benzene rings is 1. The van der Waals surface area contributed by atoms with Crippen LogP contribution in [0.2, 0.25) is 0 Å².